The van der Waals surface area contributed by atoms with Crippen LogP contribution >= 0.6 is 0 Å². The summed E-state index contributed by atoms with van der Waals surface area (Å²) in [4.78, 5) is 13.1. The summed E-state index contributed by atoms with van der Waals surface area (Å²) in [5, 5.41) is 0. The molecule has 0 heterocycles. The van der Waals surface area contributed by atoms with Gasteiger partial charge in [-0.05, 0) is 37.5 Å². The number of anilines is 1. The Balaban J connectivity index is 2.97. The van der Waals surface area contributed by atoms with Gasteiger partial charge >= 0.3 is 0 Å². The summed E-state index contributed by atoms with van der Waals surface area (Å²) in [6, 6.07) is 6.26. The molecular formula is C13H19NO. The molecule has 1 aromatic rings. The molecule has 0 amide bonds. The number of nitrogens with zero attached hydrogens (tertiary/aromatic N) is 1. The van der Waals surface area contributed by atoms with Crippen molar-refractivity contribution >= 4 is 11.5 Å². The largest absolute Gasteiger partial charge is 0.377 e. The Bertz CT molecular complexity index is 356. The molecule has 82 valence electrons. The Morgan fingerprint density at radius 1 is 1.33 bits per heavy atom. The smallest absolute Gasteiger partial charge is 0.130 e. The van der Waals surface area contributed by atoms with E-state index in [1.807, 2.05) is 14.1 Å². The molecule has 15 heavy (non-hydrogen) atoms. The summed E-state index contributed by atoms with van der Waals surface area (Å²) >= 11 is 0. The van der Waals surface area contributed by atoms with Crippen LogP contribution in [0.4, 0.5) is 5.69 Å². The van der Waals surface area contributed by atoms with Crippen LogP contribution in [0.15, 0.2) is 18.2 Å². The number of benzene rings is 1. The van der Waals surface area contributed by atoms with Gasteiger partial charge in [0.1, 0.15) is 5.78 Å². The van der Waals surface area contributed by atoms with E-state index in [1.165, 1.54) is 16.8 Å². The molecule has 0 spiro atoms. The van der Waals surface area contributed by atoms with Gasteiger partial charge in [0.2, 0.25) is 0 Å². The zero-order valence-electron chi connectivity index (χ0n) is 10.0. The molecule has 0 radical (unpaired) electrons. The number of carbonyl (C=O) groups is 1. The highest BCUT2D eigenvalue weighted by Gasteiger charge is 2.07. The topological polar surface area (TPSA) is 20.3 Å². The maximum absolute atomic E-state index is 11.0. The lowest BCUT2D eigenvalue weighted by atomic mass is 10.00. The van der Waals surface area contributed by atoms with Gasteiger partial charge in [0.05, 0.1) is 0 Å². The van der Waals surface area contributed by atoms with Crippen LogP contribution in [0.5, 0.6) is 0 Å². The Hall–Kier alpha value is -1.31. The Morgan fingerprint density at radius 3 is 2.53 bits per heavy atom. The lowest BCUT2D eigenvalue weighted by Gasteiger charge is -2.19. The zero-order chi connectivity index (χ0) is 11.4. The first-order valence-electron chi connectivity index (χ1n) is 5.27. The van der Waals surface area contributed by atoms with E-state index in [1.54, 1.807) is 6.92 Å². The van der Waals surface area contributed by atoms with E-state index >= 15 is 0 Å². The Kier molecular flexibility index (Phi) is 3.89. The third-order valence-electron chi connectivity index (χ3n) is 2.59. The fourth-order valence-corrected chi connectivity index (χ4v) is 1.73. The third-order valence-corrected chi connectivity index (χ3v) is 2.59. The first-order chi connectivity index (χ1) is 7.02. The second-order valence-corrected chi connectivity index (χ2v) is 4.17. The molecule has 2 heteroatoms. The van der Waals surface area contributed by atoms with E-state index in [2.05, 4.69) is 30.0 Å². The molecule has 0 saturated carbocycles. The van der Waals surface area contributed by atoms with Gasteiger partial charge in [-0.1, -0.05) is 12.1 Å². The van der Waals surface area contributed by atoms with Crippen molar-refractivity contribution in [3.8, 4) is 0 Å². The van der Waals surface area contributed by atoms with Crippen LogP contribution in [0.25, 0.3) is 0 Å². The predicted molar refractivity (Wildman–Crippen MR) is 64.5 cm³/mol. The fraction of sp³-hybridized carbons (Fsp3) is 0.462. The number of aryl methyl sites for hydroxylation is 1. The lowest BCUT2D eigenvalue weighted by molar-refractivity contribution is -0.116. The van der Waals surface area contributed by atoms with Crippen LogP contribution in [0.1, 0.15) is 24.5 Å². The Morgan fingerprint density at radius 2 is 2.00 bits per heavy atom. The fourth-order valence-electron chi connectivity index (χ4n) is 1.73. The zero-order valence-corrected chi connectivity index (χ0v) is 10.0. The van der Waals surface area contributed by atoms with E-state index in [0.29, 0.717) is 6.42 Å². The molecule has 0 aliphatic heterocycles. The molecule has 0 aromatic heterocycles. The quantitative estimate of drug-likeness (QED) is 0.753. The summed E-state index contributed by atoms with van der Waals surface area (Å²) in [6.07, 6.45) is 1.47. The van der Waals surface area contributed by atoms with E-state index < -0.39 is 0 Å². The Labute approximate surface area is 91.9 Å². The van der Waals surface area contributed by atoms with Crippen LogP contribution < -0.4 is 4.90 Å². The summed E-state index contributed by atoms with van der Waals surface area (Å²) in [7, 11) is 4.07. The van der Waals surface area contributed by atoms with Crippen molar-refractivity contribution in [3.05, 3.63) is 29.3 Å². The van der Waals surface area contributed by atoms with E-state index in [-0.39, 0.29) is 5.78 Å². The second kappa shape index (κ2) is 4.96. The second-order valence-electron chi connectivity index (χ2n) is 4.17. The van der Waals surface area contributed by atoms with Gasteiger partial charge < -0.3 is 9.69 Å². The van der Waals surface area contributed by atoms with Gasteiger partial charge in [-0.25, -0.2) is 0 Å². The van der Waals surface area contributed by atoms with Crippen molar-refractivity contribution in [2.24, 2.45) is 0 Å². The predicted octanol–water partition coefficient (Wildman–Crippen LogP) is 2.58. The van der Waals surface area contributed by atoms with Crippen LogP contribution in [-0.2, 0) is 11.2 Å². The molecule has 0 N–H and O–H groups in total. The highest BCUT2D eigenvalue weighted by atomic mass is 16.1. The van der Waals surface area contributed by atoms with Crippen molar-refractivity contribution < 1.29 is 4.79 Å². The molecule has 0 bridgehead atoms. The monoisotopic (exact) mass is 205 g/mol. The molecule has 1 aromatic carbocycles. The molecule has 0 aliphatic rings. The van der Waals surface area contributed by atoms with Crippen molar-refractivity contribution in [3.63, 3.8) is 0 Å². The van der Waals surface area contributed by atoms with Gasteiger partial charge in [-0.3, -0.25) is 0 Å². The van der Waals surface area contributed by atoms with Gasteiger partial charge in [-0.2, -0.15) is 0 Å². The number of Topliss-reactive ketones (excluding diaryl/α,β-unsaturated/α-hetero) is 1. The third kappa shape index (κ3) is 3.08. The minimum atomic E-state index is 0.253. The first kappa shape index (κ1) is 11.8. The molecule has 2 nitrogen and oxygen atoms in total. The number of carbonyl (C=O) groups excluding carboxylic acids is 1. The van der Waals surface area contributed by atoms with Gasteiger partial charge in [0.25, 0.3) is 0 Å². The van der Waals surface area contributed by atoms with Crippen LogP contribution in [0, 0.1) is 6.92 Å². The molecule has 1 rings (SSSR count). The molecule has 0 unspecified atom stereocenters. The lowest BCUT2D eigenvalue weighted by Crippen LogP contribution is -2.12. The minimum absolute atomic E-state index is 0.253. The average molecular weight is 205 g/mol. The van der Waals surface area contributed by atoms with Crippen molar-refractivity contribution in [2.45, 2.75) is 26.7 Å². The van der Waals surface area contributed by atoms with Gasteiger partial charge in [0.15, 0.2) is 0 Å². The number of rotatable bonds is 4. The molecule has 0 fully saturated rings. The highest BCUT2D eigenvalue weighted by molar-refractivity contribution is 5.76. The molecular weight excluding hydrogens is 186 g/mol. The van der Waals surface area contributed by atoms with Gasteiger partial charge in [-0.15, -0.1) is 0 Å². The maximum Gasteiger partial charge on any atom is 0.130 e. The van der Waals surface area contributed by atoms with Crippen LogP contribution in [-0.4, -0.2) is 19.9 Å². The van der Waals surface area contributed by atoms with Crippen molar-refractivity contribution in [1.82, 2.24) is 0 Å². The normalized spacial score (nSPS) is 10.1. The van der Waals surface area contributed by atoms with Gasteiger partial charge in [0, 0.05) is 26.2 Å². The first-order valence-corrected chi connectivity index (χ1v) is 5.27. The van der Waals surface area contributed by atoms with Crippen molar-refractivity contribution in [1.29, 1.82) is 0 Å². The number of hydrogen-bond donors (Lipinski definition) is 0. The number of ketones is 1. The van der Waals surface area contributed by atoms with E-state index in [9.17, 15) is 4.79 Å². The van der Waals surface area contributed by atoms with E-state index in [0.717, 1.165) is 6.42 Å². The van der Waals surface area contributed by atoms with Crippen LogP contribution in [0.2, 0.25) is 0 Å². The molecule has 0 atom stereocenters. The van der Waals surface area contributed by atoms with Crippen LogP contribution in [0.3, 0.4) is 0 Å². The minimum Gasteiger partial charge on any atom is -0.377 e. The summed E-state index contributed by atoms with van der Waals surface area (Å²) in [6.45, 7) is 3.75. The summed E-state index contributed by atoms with van der Waals surface area (Å²) in [5.74, 6) is 0.253. The van der Waals surface area contributed by atoms with Crippen molar-refractivity contribution in [2.75, 3.05) is 19.0 Å². The maximum atomic E-state index is 11.0. The standard InChI is InChI=1S/C13H19NO/c1-10-6-5-7-13(14(3)4)12(10)9-8-11(2)15/h5-7H,8-9H2,1-4H3. The number of hydrogen-bond acceptors (Lipinski definition) is 2. The SMILES string of the molecule is CC(=O)CCc1c(C)cccc1N(C)C. The average Bonchev–Trinajstić information content (AvgIpc) is 2.15. The molecule has 0 saturated heterocycles. The molecule has 0 aliphatic carbocycles. The summed E-state index contributed by atoms with van der Waals surface area (Å²) < 4.78 is 0. The highest BCUT2D eigenvalue weighted by Crippen LogP contribution is 2.23. The summed E-state index contributed by atoms with van der Waals surface area (Å²) in [5.41, 5.74) is 3.77. The van der Waals surface area contributed by atoms with E-state index in [4.69, 9.17) is 0 Å².